The number of nitrogens with zero attached hydrogens (tertiary/aromatic N) is 2. The normalized spacial score (nSPS) is 13.9. The van der Waals surface area contributed by atoms with Crippen LogP contribution in [0.5, 0.6) is 0 Å². The molecule has 1 aromatic heterocycles. The van der Waals surface area contributed by atoms with Crippen LogP contribution in [0.3, 0.4) is 0 Å². The number of nitro groups is 1. The van der Waals surface area contributed by atoms with Crippen molar-refractivity contribution in [2.24, 2.45) is 5.92 Å². The summed E-state index contributed by atoms with van der Waals surface area (Å²) < 4.78 is 0. The number of hydrogen-bond acceptors (Lipinski definition) is 6. The molecule has 0 bridgehead atoms. The van der Waals surface area contributed by atoms with Gasteiger partial charge in [0.1, 0.15) is 11.6 Å². The molecule has 0 saturated heterocycles. The van der Waals surface area contributed by atoms with Gasteiger partial charge >= 0.3 is 0 Å². The molecule has 0 aliphatic rings. The maximum absolute atomic E-state index is 10.8. The zero-order valence-electron chi connectivity index (χ0n) is 12.3. The molecule has 0 aliphatic carbocycles. The highest BCUT2D eigenvalue weighted by atomic mass is 16.6. The molecule has 20 heavy (non-hydrogen) atoms. The minimum atomic E-state index is -0.889. The van der Waals surface area contributed by atoms with Crippen LogP contribution in [0, 0.1) is 16.0 Å². The first-order valence-corrected chi connectivity index (χ1v) is 6.54. The van der Waals surface area contributed by atoms with E-state index in [1.165, 1.54) is 12.1 Å². The fourth-order valence-corrected chi connectivity index (χ4v) is 2.07. The Balaban J connectivity index is 2.82. The van der Waals surface area contributed by atoms with Gasteiger partial charge in [-0.15, -0.1) is 0 Å². The fraction of sp³-hybridized carbons (Fsp3) is 0.615. The lowest BCUT2D eigenvalue weighted by molar-refractivity contribution is -0.384. The Morgan fingerprint density at radius 3 is 2.55 bits per heavy atom. The van der Waals surface area contributed by atoms with E-state index < -0.39 is 10.5 Å². The molecule has 0 amide bonds. The highest BCUT2D eigenvalue weighted by molar-refractivity contribution is 5.54. The van der Waals surface area contributed by atoms with Crippen molar-refractivity contribution in [3.05, 3.63) is 22.2 Å². The van der Waals surface area contributed by atoms with E-state index in [-0.39, 0.29) is 12.2 Å². The van der Waals surface area contributed by atoms with E-state index in [0.717, 1.165) is 0 Å². The first-order valence-electron chi connectivity index (χ1n) is 6.54. The molecule has 0 spiro atoms. The van der Waals surface area contributed by atoms with Gasteiger partial charge in [0.25, 0.3) is 5.69 Å². The van der Waals surface area contributed by atoms with Gasteiger partial charge in [0.05, 0.1) is 22.7 Å². The van der Waals surface area contributed by atoms with Gasteiger partial charge in [0.2, 0.25) is 0 Å². The summed E-state index contributed by atoms with van der Waals surface area (Å²) in [5, 5.41) is 26.8. The van der Waals surface area contributed by atoms with Crippen LogP contribution in [0.25, 0.3) is 0 Å². The number of pyridine rings is 1. The van der Waals surface area contributed by atoms with Crippen LogP contribution in [0.1, 0.15) is 27.2 Å². The maximum Gasteiger partial charge on any atom is 0.276 e. The van der Waals surface area contributed by atoms with Gasteiger partial charge < -0.3 is 15.7 Å². The molecule has 1 atom stereocenters. The summed E-state index contributed by atoms with van der Waals surface area (Å²) >= 11 is 0. The third-order valence-corrected chi connectivity index (χ3v) is 2.78. The van der Waals surface area contributed by atoms with E-state index in [4.69, 9.17) is 0 Å². The highest BCUT2D eigenvalue weighted by Crippen LogP contribution is 2.22. The van der Waals surface area contributed by atoms with Crippen LogP contribution in [0.2, 0.25) is 0 Å². The summed E-state index contributed by atoms with van der Waals surface area (Å²) in [6, 6.07) is 2.71. The molecule has 0 aromatic carbocycles. The lowest BCUT2D eigenvalue weighted by Crippen LogP contribution is -2.35. The molecule has 0 radical (unpaired) electrons. The molecule has 0 saturated carbocycles. The number of rotatable bonds is 7. The summed E-state index contributed by atoms with van der Waals surface area (Å²) in [6.45, 7) is 6.07. The number of aromatic nitrogens is 1. The van der Waals surface area contributed by atoms with E-state index in [1.54, 1.807) is 14.0 Å². The fourth-order valence-electron chi connectivity index (χ4n) is 2.07. The van der Waals surface area contributed by atoms with E-state index in [1.807, 2.05) is 13.8 Å². The lowest BCUT2D eigenvalue weighted by Gasteiger charge is -2.25. The van der Waals surface area contributed by atoms with Gasteiger partial charge in [-0.05, 0) is 19.3 Å². The molecule has 1 unspecified atom stereocenters. The van der Waals surface area contributed by atoms with Crippen LogP contribution in [-0.4, -0.2) is 34.2 Å². The monoisotopic (exact) mass is 282 g/mol. The molecule has 3 N–H and O–H groups in total. The molecule has 112 valence electrons. The number of hydrogen-bond donors (Lipinski definition) is 3. The van der Waals surface area contributed by atoms with Crippen molar-refractivity contribution in [1.29, 1.82) is 0 Å². The summed E-state index contributed by atoms with van der Waals surface area (Å²) in [5.74, 6) is 1.13. The van der Waals surface area contributed by atoms with E-state index >= 15 is 0 Å². The van der Waals surface area contributed by atoms with Gasteiger partial charge in [-0.2, -0.15) is 0 Å². The third-order valence-electron chi connectivity index (χ3n) is 2.78. The zero-order chi connectivity index (χ0) is 15.3. The van der Waals surface area contributed by atoms with Crippen molar-refractivity contribution in [2.45, 2.75) is 32.8 Å². The topological polar surface area (TPSA) is 100 Å². The Morgan fingerprint density at radius 2 is 2.05 bits per heavy atom. The van der Waals surface area contributed by atoms with Crippen LogP contribution in [0.15, 0.2) is 12.1 Å². The van der Waals surface area contributed by atoms with Crippen molar-refractivity contribution < 1.29 is 10.0 Å². The number of nitrogens with one attached hydrogen (secondary N) is 2. The zero-order valence-corrected chi connectivity index (χ0v) is 12.3. The van der Waals surface area contributed by atoms with E-state index in [9.17, 15) is 15.2 Å². The van der Waals surface area contributed by atoms with Crippen molar-refractivity contribution >= 4 is 17.3 Å². The van der Waals surface area contributed by atoms with Gasteiger partial charge in [-0.3, -0.25) is 10.1 Å². The quantitative estimate of drug-likeness (QED) is 0.524. The molecule has 1 heterocycles. The molecular weight excluding hydrogens is 260 g/mol. The second-order valence-electron chi connectivity index (χ2n) is 5.55. The summed E-state index contributed by atoms with van der Waals surface area (Å²) in [5.41, 5.74) is -0.935. The second-order valence-corrected chi connectivity index (χ2v) is 5.55. The van der Waals surface area contributed by atoms with Gasteiger partial charge in [-0.25, -0.2) is 4.98 Å². The molecule has 0 fully saturated rings. The van der Waals surface area contributed by atoms with Crippen LogP contribution in [0.4, 0.5) is 17.3 Å². The SMILES string of the molecule is CNc1cc([N+](=O)[O-])cc(NCC(C)(O)CC(C)C)n1. The lowest BCUT2D eigenvalue weighted by atomic mass is 9.94. The number of aliphatic hydroxyl groups is 1. The van der Waals surface area contributed by atoms with Gasteiger partial charge in [0.15, 0.2) is 0 Å². The first kappa shape index (κ1) is 16.2. The molecule has 7 nitrogen and oxygen atoms in total. The maximum atomic E-state index is 10.8. The summed E-state index contributed by atoms with van der Waals surface area (Å²) in [6.07, 6.45) is 0.633. The molecule has 1 rings (SSSR count). The first-order chi connectivity index (χ1) is 9.23. The van der Waals surface area contributed by atoms with Crippen LogP contribution in [-0.2, 0) is 0 Å². The summed E-state index contributed by atoms with van der Waals surface area (Å²) in [4.78, 5) is 14.5. The molecule has 1 aromatic rings. The standard InChI is InChI=1S/C13H22N4O3/c1-9(2)7-13(3,18)8-15-12-6-10(17(19)20)5-11(14-4)16-12/h5-6,9,18H,7-8H2,1-4H3,(H2,14,15,16). The third kappa shape index (κ3) is 5.00. The van der Waals surface area contributed by atoms with Crippen LogP contribution >= 0.6 is 0 Å². The molecule has 0 aliphatic heterocycles. The average Bonchev–Trinajstić information content (AvgIpc) is 2.34. The minimum Gasteiger partial charge on any atom is -0.388 e. The smallest absolute Gasteiger partial charge is 0.276 e. The minimum absolute atomic E-state index is 0.0460. The Bertz CT molecular complexity index is 475. The van der Waals surface area contributed by atoms with Gasteiger partial charge in [0, 0.05) is 13.6 Å². The molecular formula is C13H22N4O3. The Morgan fingerprint density at radius 1 is 1.45 bits per heavy atom. The van der Waals surface area contributed by atoms with Crippen molar-refractivity contribution in [2.75, 3.05) is 24.2 Å². The van der Waals surface area contributed by atoms with Crippen molar-refractivity contribution in [3.63, 3.8) is 0 Å². The Kier molecular flexibility index (Phi) is 5.26. The highest BCUT2D eigenvalue weighted by Gasteiger charge is 2.22. The van der Waals surface area contributed by atoms with E-state index in [0.29, 0.717) is 24.0 Å². The van der Waals surface area contributed by atoms with Crippen LogP contribution < -0.4 is 10.6 Å². The average molecular weight is 282 g/mol. The predicted octanol–water partition coefficient (Wildman–Crippen LogP) is 2.24. The predicted molar refractivity (Wildman–Crippen MR) is 79.0 cm³/mol. The largest absolute Gasteiger partial charge is 0.388 e. The van der Waals surface area contributed by atoms with Crippen molar-refractivity contribution in [3.8, 4) is 0 Å². The number of anilines is 2. The van der Waals surface area contributed by atoms with Gasteiger partial charge in [-0.1, -0.05) is 13.8 Å². The van der Waals surface area contributed by atoms with E-state index in [2.05, 4.69) is 15.6 Å². The van der Waals surface area contributed by atoms with Crippen molar-refractivity contribution in [1.82, 2.24) is 4.98 Å². The summed E-state index contributed by atoms with van der Waals surface area (Å²) in [7, 11) is 1.64. The Hall–Kier alpha value is -1.89. The Labute approximate surface area is 118 Å². The molecule has 7 heteroatoms. The second kappa shape index (κ2) is 6.51.